The third kappa shape index (κ3) is 6.89. The van der Waals surface area contributed by atoms with Gasteiger partial charge in [-0.2, -0.15) is 0 Å². The summed E-state index contributed by atoms with van der Waals surface area (Å²) < 4.78 is 7.30. The normalized spacial score (nSPS) is 23.3. The first-order valence-corrected chi connectivity index (χ1v) is 31.4. The summed E-state index contributed by atoms with van der Waals surface area (Å²) >= 11 is 0. The highest BCUT2D eigenvalue weighted by Crippen LogP contribution is 2.77. The van der Waals surface area contributed by atoms with Gasteiger partial charge in [0.15, 0.2) is 0 Å². The van der Waals surface area contributed by atoms with Crippen molar-refractivity contribution in [1.82, 2.24) is 0 Å². The second kappa shape index (κ2) is 18.0. The van der Waals surface area contributed by atoms with Gasteiger partial charge in [-0.15, -0.1) is 0 Å². The van der Waals surface area contributed by atoms with Gasteiger partial charge in [0.1, 0.15) is 11.2 Å². The van der Waals surface area contributed by atoms with Crippen molar-refractivity contribution >= 4 is 39.0 Å². The standard InChI is InChI=1S/C83H67NO/c1-52-20-7-8-25-62(52)66-28-12-15-33-71(66)81-42-19-43-82-49-58(51-83(79(81)82)50-57(48-81)63-26-9-10-27-65(63)67-29-13-16-34-72(67)83)64-31-18-35-75-77(64)78-74(82)45-56(46-76(78)85-75)54-36-38-59(39-37-54)84(60-24-17-23-55(44-60)53-21-5-4-6-22-53)61-40-41-69-68-30-11-14-32-70(68)80(2,3)73(69)47-61/h4-18,20-41,44-47,57-58,79H,19,42-43,48-51H2,1-3H3. The van der Waals surface area contributed by atoms with Gasteiger partial charge in [0, 0.05) is 49.5 Å². The van der Waals surface area contributed by atoms with Crippen molar-refractivity contribution < 1.29 is 4.42 Å². The van der Waals surface area contributed by atoms with E-state index >= 15 is 0 Å². The fraction of sp³-hybridized carbons (Fsp3) is 0.205. The lowest BCUT2D eigenvalue weighted by atomic mass is 9.33. The van der Waals surface area contributed by atoms with Crippen LogP contribution < -0.4 is 4.90 Å². The van der Waals surface area contributed by atoms with Crippen molar-refractivity contribution in [2.24, 2.45) is 5.92 Å². The highest BCUT2D eigenvalue weighted by molar-refractivity contribution is 6.11. The van der Waals surface area contributed by atoms with Gasteiger partial charge >= 0.3 is 0 Å². The molecular formula is C83H67NO. The number of fused-ring (bicyclic) bond motifs is 10. The van der Waals surface area contributed by atoms with E-state index in [1.807, 2.05) is 0 Å². The maximum atomic E-state index is 7.30. The smallest absolute Gasteiger partial charge is 0.136 e. The Morgan fingerprint density at radius 2 is 0.894 bits per heavy atom. The summed E-state index contributed by atoms with van der Waals surface area (Å²) in [5, 5.41) is 2.73. The van der Waals surface area contributed by atoms with Gasteiger partial charge in [-0.3, -0.25) is 0 Å². The van der Waals surface area contributed by atoms with Gasteiger partial charge in [0.25, 0.3) is 0 Å². The lowest BCUT2D eigenvalue weighted by molar-refractivity contribution is -0.0727. The number of nitrogens with zero attached hydrogens (tertiary/aromatic N) is 1. The average Bonchev–Trinajstić information content (AvgIpc) is 1.70. The zero-order valence-corrected chi connectivity index (χ0v) is 48.7. The molecule has 2 heteroatoms. The fourth-order valence-corrected chi connectivity index (χ4v) is 19.6. The molecule has 85 heavy (non-hydrogen) atoms. The van der Waals surface area contributed by atoms with E-state index in [1.165, 1.54) is 107 Å². The van der Waals surface area contributed by atoms with E-state index in [4.69, 9.17) is 4.42 Å². The van der Waals surface area contributed by atoms with Crippen LogP contribution in [0.4, 0.5) is 17.1 Å². The summed E-state index contributed by atoms with van der Waals surface area (Å²) in [5.74, 6) is 1.08. The molecule has 2 nitrogen and oxygen atoms in total. The molecule has 18 rings (SSSR count). The predicted octanol–water partition coefficient (Wildman–Crippen LogP) is 22.0. The molecule has 410 valence electrons. The highest BCUT2D eigenvalue weighted by Gasteiger charge is 2.70. The van der Waals surface area contributed by atoms with E-state index in [-0.39, 0.29) is 21.7 Å². The molecule has 3 fully saturated rings. The molecule has 1 aromatic heterocycles. The number of benzene rings is 11. The summed E-state index contributed by atoms with van der Waals surface area (Å²) in [4.78, 5) is 2.48. The number of aryl methyl sites for hydroxylation is 1. The van der Waals surface area contributed by atoms with Gasteiger partial charge in [-0.05, 0) is 218 Å². The number of rotatable bonds is 7. The van der Waals surface area contributed by atoms with Crippen LogP contribution in [-0.4, -0.2) is 0 Å². The van der Waals surface area contributed by atoms with Crippen molar-refractivity contribution in [3.8, 4) is 55.6 Å². The summed E-state index contributed by atoms with van der Waals surface area (Å²) in [6, 6.07) is 96.0. The maximum absolute atomic E-state index is 7.30. The largest absolute Gasteiger partial charge is 0.456 e. The lowest BCUT2D eigenvalue weighted by Crippen LogP contribution is -2.66. The third-order valence-corrected chi connectivity index (χ3v) is 22.5. The molecule has 6 aliphatic carbocycles. The number of hydrogen-bond acceptors (Lipinski definition) is 2. The Labute approximate surface area is 499 Å². The topological polar surface area (TPSA) is 16.4 Å². The second-order valence-electron chi connectivity index (χ2n) is 26.9. The Balaban J connectivity index is 0.851. The molecule has 3 saturated carbocycles. The molecule has 11 aromatic carbocycles. The van der Waals surface area contributed by atoms with E-state index in [9.17, 15) is 0 Å². The quantitative estimate of drug-likeness (QED) is 0.158. The summed E-state index contributed by atoms with van der Waals surface area (Å²) in [6.07, 6.45) is 8.06. The van der Waals surface area contributed by atoms with Gasteiger partial charge in [0.2, 0.25) is 0 Å². The van der Waals surface area contributed by atoms with E-state index in [2.05, 4.69) is 274 Å². The zero-order valence-electron chi connectivity index (χ0n) is 48.7. The van der Waals surface area contributed by atoms with Crippen molar-refractivity contribution in [3.05, 3.63) is 293 Å². The van der Waals surface area contributed by atoms with E-state index in [0.29, 0.717) is 17.8 Å². The van der Waals surface area contributed by atoms with E-state index in [1.54, 1.807) is 16.7 Å². The van der Waals surface area contributed by atoms with Crippen LogP contribution >= 0.6 is 0 Å². The van der Waals surface area contributed by atoms with Crippen LogP contribution in [-0.2, 0) is 21.7 Å². The Hall–Kier alpha value is -8.98. The number of hydrogen-bond donors (Lipinski definition) is 0. The van der Waals surface area contributed by atoms with Crippen LogP contribution in [0.15, 0.2) is 253 Å². The summed E-state index contributed by atoms with van der Waals surface area (Å²) in [5.41, 5.74) is 29.9. The Bertz CT molecular complexity index is 4730. The monoisotopic (exact) mass is 1090 g/mol. The highest BCUT2D eigenvalue weighted by atomic mass is 16.3. The van der Waals surface area contributed by atoms with Gasteiger partial charge < -0.3 is 9.32 Å². The van der Waals surface area contributed by atoms with Crippen molar-refractivity contribution in [2.75, 3.05) is 4.90 Å². The van der Waals surface area contributed by atoms with Crippen LogP contribution in [0.25, 0.3) is 77.6 Å². The second-order valence-corrected chi connectivity index (χ2v) is 26.9. The van der Waals surface area contributed by atoms with Crippen molar-refractivity contribution in [2.45, 2.75) is 99.2 Å². The molecule has 0 N–H and O–H groups in total. The minimum Gasteiger partial charge on any atom is -0.456 e. The molecule has 0 radical (unpaired) electrons. The number of anilines is 3. The minimum atomic E-state index is -0.166. The van der Waals surface area contributed by atoms with Crippen LogP contribution in [0, 0.1) is 12.8 Å². The number of furan rings is 1. The maximum Gasteiger partial charge on any atom is 0.136 e. The van der Waals surface area contributed by atoms with Crippen molar-refractivity contribution in [1.29, 1.82) is 0 Å². The molecule has 0 saturated heterocycles. The van der Waals surface area contributed by atoms with Crippen LogP contribution in [0.5, 0.6) is 0 Å². The first-order valence-electron chi connectivity index (χ1n) is 31.4. The van der Waals surface area contributed by atoms with Crippen LogP contribution in [0.2, 0.25) is 0 Å². The molecule has 0 amide bonds. The Morgan fingerprint density at radius 3 is 1.66 bits per heavy atom. The molecular weight excluding hydrogens is 1030 g/mol. The molecule has 4 bridgehead atoms. The predicted molar refractivity (Wildman–Crippen MR) is 352 cm³/mol. The van der Waals surface area contributed by atoms with Gasteiger partial charge in [0.05, 0.1) is 0 Å². The average molecular weight is 1090 g/mol. The Morgan fingerprint density at radius 1 is 0.353 bits per heavy atom. The summed E-state index contributed by atoms with van der Waals surface area (Å²) in [6.45, 7) is 7.09. The molecule has 2 spiro atoms. The van der Waals surface area contributed by atoms with E-state index < -0.39 is 0 Å². The fourth-order valence-electron chi connectivity index (χ4n) is 19.6. The minimum absolute atomic E-state index is 0.121. The molecule has 12 aromatic rings. The lowest BCUT2D eigenvalue weighted by Gasteiger charge is -2.70. The van der Waals surface area contributed by atoms with E-state index in [0.717, 1.165) is 60.3 Å². The first-order chi connectivity index (χ1) is 41.7. The SMILES string of the molecule is Cc1ccccc1-c1ccccc1C12CCCC34CC(CC5(CC(C1)c1ccccc1-c1ccccc15)C23)c1cccc2oc3cc(-c5ccc(N(c6cccc(-c7ccccc7)c6)c6ccc7c(c6)C(C)(C)c6ccccc6-7)cc5)cc4c3c12. The zero-order chi connectivity index (χ0) is 56.4. The summed E-state index contributed by atoms with van der Waals surface area (Å²) in [7, 11) is 0. The van der Waals surface area contributed by atoms with Gasteiger partial charge in [-0.1, -0.05) is 214 Å². The Kier molecular flexibility index (Phi) is 10.5. The molecule has 0 aliphatic heterocycles. The molecule has 6 unspecified atom stereocenters. The van der Waals surface area contributed by atoms with Crippen molar-refractivity contribution in [3.63, 3.8) is 0 Å². The molecule has 6 atom stereocenters. The third-order valence-electron chi connectivity index (χ3n) is 22.5. The van der Waals surface area contributed by atoms with Gasteiger partial charge in [-0.25, -0.2) is 0 Å². The molecule has 1 heterocycles. The molecule has 6 aliphatic rings. The first kappa shape index (κ1) is 49.4. The van der Waals surface area contributed by atoms with Crippen LogP contribution in [0.3, 0.4) is 0 Å². The van der Waals surface area contributed by atoms with Crippen LogP contribution in [0.1, 0.15) is 115 Å².